The molecule has 140 valence electrons. The van der Waals surface area contributed by atoms with Gasteiger partial charge in [-0.25, -0.2) is 0 Å². The zero-order valence-corrected chi connectivity index (χ0v) is 17.2. The van der Waals surface area contributed by atoms with E-state index in [1.165, 1.54) is 11.1 Å². The average Bonchev–Trinajstić information content (AvgIpc) is 3.36. The molecule has 0 saturated carbocycles. The topological polar surface area (TPSA) is 70.7 Å². The van der Waals surface area contributed by atoms with Crippen molar-refractivity contribution in [3.8, 4) is 11.4 Å². The van der Waals surface area contributed by atoms with Crippen molar-refractivity contribution < 1.29 is 26.3 Å². The Morgan fingerprint density at radius 3 is 2.96 bits per heavy atom. The Hall–Kier alpha value is -2.74. The monoisotopic (exact) mass is 481 g/mol. The number of aromatic nitrogens is 3. The van der Waals surface area contributed by atoms with Crippen LogP contribution in [0.3, 0.4) is 0 Å². The number of pyridine rings is 1. The molecule has 6 heteroatoms. The van der Waals surface area contributed by atoms with Gasteiger partial charge < -0.3 is 0 Å². The third-order valence-corrected chi connectivity index (χ3v) is 7.86. The molecule has 5 rings (SSSR count). The Morgan fingerprint density at radius 2 is 2.07 bits per heavy atom. The van der Waals surface area contributed by atoms with Gasteiger partial charge in [-0.15, -0.1) is 0 Å². The van der Waals surface area contributed by atoms with Crippen LogP contribution >= 0.6 is 0 Å². The molecule has 1 aliphatic rings. The molecule has 0 fully saturated rings. The molecule has 2 aromatic heterocycles. The molecule has 1 atom stereocenters. The number of amides is 1. The number of carbonyl (C=O) groups excluding carboxylic acids is 1. The minimum absolute atomic E-state index is 0.00314. The van der Waals surface area contributed by atoms with E-state index in [-0.39, 0.29) is 5.91 Å². The maximum absolute atomic E-state index is 12.7. The van der Waals surface area contributed by atoms with Gasteiger partial charge in [0.25, 0.3) is 0 Å². The van der Waals surface area contributed by atoms with Crippen LogP contribution in [-0.2, 0) is 6.42 Å². The van der Waals surface area contributed by atoms with E-state index in [9.17, 15) is 4.79 Å². The number of hydrogen-bond acceptors (Lipinski definition) is 3. The number of fused-ring (bicyclic) bond motifs is 2. The summed E-state index contributed by atoms with van der Waals surface area (Å²) >= 11 is -0.443. The van der Waals surface area contributed by atoms with Crippen molar-refractivity contribution in [3.05, 3.63) is 83.7 Å². The third-order valence-electron chi connectivity index (χ3n) is 5.01. The molecule has 2 aromatic carbocycles. The van der Waals surface area contributed by atoms with Gasteiger partial charge in [-0.1, -0.05) is 0 Å². The van der Waals surface area contributed by atoms with E-state index in [0.717, 1.165) is 35.3 Å². The molecule has 1 amide bonds. The number of H-pyrrole nitrogens is 1. The number of benzene rings is 2. The van der Waals surface area contributed by atoms with Crippen molar-refractivity contribution >= 4 is 16.9 Å². The number of carbonyl (C=O) groups is 1. The van der Waals surface area contributed by atoms with Crippen molar-refractivity contribution in [2.45, 2.75) is 16.8 Å². The van der Waals surface area contributed by atoms with Crippen LogP contribution in [0, 0.1) is 0 Å². The van der Waals surface area contributed by atoms with Crippen molar-refractivity contribution in [1.29, 1.82) is 0 Å². The van der Waals surface area contributed by atoms with Crippen LogP contribution in [0.15, 0.2) is 67.0 Å². The van der Waals surface area contributed by atoms with Crippen molar-refractivity contribution in [2.75, 3.05) is 0 Å². The van der Waals surface area contributed by atoms with Gasteiger partial charge in [-0.05, 0) is 0 Å². The molecule has 2 N–H and O–H groups in total. The van der Waals surface area contributed by atoms with Crippen LogP contribution in [0.5, 0.6) is 0 Å². The van der Waals surface area contributed by atoms with Crippen LogP contribution < -0.4 is 25.0 Å². The van der Waals surface area contributed by atoms with Gasteiger partial charge in [0.15, 0.2) is 0 Å². The predicted molar refractivity (Wildman–Crippen MR) is 104 cm³/mol. The fourth-order valence-electron chi connectivity index (χ4n) is 3.58. The van der Waals surface area contributed by atoms with Crippen molar-refractivity contribution in [1.82, 2.24) is 18.5 Å². The number of imidazole rings is 1. The summed E-state index contributed by atoms with van der Waals surface area (Å²) in [6.07, 6.45) is 5.77. The number of nitrogens with zero attached hydrogens (tertiary/aromatic N) is 2. The summed E-state index contributed by atoms with van der Waals surface area (Å²) in [5, 5.41) is 0. The van der Waals surface area contributed by atoms with Gasteiger partial charge in [0.1, 0.15) is 0 Å². The molecular formula is C22H18IN4O-. The number of hydrogen-bond donors (Lipinski definition) is 2. The normalized spacial score (nSPS) is 15.6. The second-order valence-corrected chi connectivity index (χ2v) is 9.46. The molecule has 0 spiro atoms. The Labute approximate surface area is 173 Å². The molecular weight excluding hydrogens is 463 g/mol. The van der Waals surface area contributed by atoms with Crippen LogP contribution in [0.1, 0.15) is 31.8 Å². The van der Waals surface area contributed by atoms with Crippen LogP contribution in [0.25, 0.3) is 22.4 Å². The summed E-state index contributed by atoms with van der Waals surface area (Å²) < 4.78 is 3.72. The minimum atomic E-state index is -0.443. The van der Waals surface area contributed by atoms with E-state index in [0.29, 0.717) is 9.49 Å². The quantitative estimate of drug-likeness (QED) is 0.260. The van der Waals surface area contributed by atoms with Gasteiger partial charge in [-0.2, -0.15) is 0 Å². The van der Waals surface area contributed by atoms with Gasteiger partial charge in [0.2, 0.25) is 0 Å². The summed E-state index contributed by atoms with van der Waals surface area (Å²) in [5.41, 5.74) is 6.14. The Kier molecular flexibility index (Phi) is 4.56. The summed E-state index contributed by atoms with van der Waals surface area (Å²) in [6.45, 7) is 0. The first-order chi connectivity index (χ1) is 13.8. The van der Waals surface area contributed by atoms with Gasteiger partial charge >= 0.3 is 174 Å². The summed E-state index contributed by atoms with van der Waals surface area (Å²) in [7, 11) is 0. The number of aryl methyl sites for hydroxylation is 1. The summed E-state index contributed by atoms with van der Waals surface area (Å²) in [6, 6.07) is 18.1. The van der Waals surface area contributed by atoms with Crippen molar-refractivity contribution in [2.24, 2.45) is 0 Å². The Bertz CT molecular complexity index is 1160. The number of alkyl halides is 1. The van der Waals surface area contributed by atoms with Crippen molar-refractivity contribution in [3.63, 3.8) is 0 Å². The predicted octanol–water partition coefficient (Wildman–Crippen LogP) is 1.05. The Balaban J connectivity index is 1.32. The van der Waals surface area contributed by atoms with Crippen LogP contribution in [-0.4, -0.2) is 20.9 Å². The van der Waals surface area contributed by atoms with Gasteiger partial charge in [0.05, 0.1) is 0 Å². The van der Waals surface area contributed by atoms with Crippen LogP contribution in [0.4, 0.5) is 0 Å². The standard InChI is InChI=1S/C22H18IN4O/c28-22(27-23-18-9-7-14-4-1-2-6-17(14)18)15-8-10-19-20(12-15)26-21(25-19)16-5-3-11-24-13-16/h1-6,8,10-13,18H,7,9H2,(H,25,26)(H,27,28)/q-1/t18-/m1/s1. The molecule has 4 aromatic rings. The van der Waals surface area contributed by atoms with E-state index in [1.807, 2.05) is 30.3 Å². The fourth-order valence-corrected chi connectivity index (χ4v) is 6.11. The zero-order valence-electron chi connectivity index (χ0n) is 15.0. The van der Waals surface area contributed by atoms with E-state index in [2.05, 4.69) is 42.7 Å². The summed E-state index contributed by atoms with van der Waals surface area (Å²) in [4.78, 5) is 24.7. The second-order valence-electron chi connectivity index (χ2n) is 6.80. The summed E-state index contributed by atoms with van der Waals surface area (Å²) in [5.74, 6) is 0.757. The Morgan fingerprint density at radius 1 is 1.14 bits per heavy atom. The first kappa shape index (κ1) is 17.4. The molecule has 0 radical (unpaired) electrons. The van der Waals surface area contributed by atoms with E-state index in [4.69, 9.17) is 0 Å². The van der Waals surface area contributed by atoms with E-state index in [1.54, 1.807) is 12.4 Å². The van der Waals surface area contributed by atoms with E-state index < -0.39 is 21.5 Å². The number of nitrogens with one attached hydrogen (secondary N) is 2. The first-order valence-electron chi connectivity index (χ1n) is 9.18. The third kappa shape index (κ3) is 3.28. The molecule has 2 heterocycles. The molecule has 5 nitrogen and oxygen atoms in total. The number of aromatic amines is 1. The SMILES string of the molecule is O=C(N[I-][C@@H]1CCc2ccccc21)c1ccc2nc(-c3cccnc3)[nH]c2c1. The van der Waals surface area contributed by atoms with Crippen LogP contribution in [0.2, 0.25) is 0 Å². The maximum atomic E-state index is 12.7. The molecule has 0 aliphatic heterocycles. The van der Waals surface area contributed by atoms with Gasteiger partial charge in [-0.3, -0.25) is 0 Å². The average molecular weight is 481 g/mol. The fraction of sp³-hybridized carbons (Fsp3) is 0.136. The zero-order chi connectivity index (χ0) is 18.9. The number of halogens is 1. The number of rotatable bonds is 4. The molecule has 0 saturated heterocycles. The molecule has 1 aliphatic carbocycles. The second kappa shape index (κ2) is 7.35. The molecule has 0 unspecified atom stereocenters. The first-order valence-corrected chi connectivity index (χ1v) is 11.5. The molecule has 0 bridgehead atoms. The molecule has 28 heavy (non-hydrogen) atoms. The van der Waals surface area contributed by atoms with E-state index >= 15 is 0 Å². The van der Waals surface area contributed by atoms with Gasteiger partial charge in [0, 0.05) is 0 Å².